The van der Waals surface area contributed by atoms with Gasteiger partial charge in [0.2, 0.25) is 0 Å². The zero-order valence-corrected chi connectivity index (χ0v) is 33.9. The van der Waals surface area contributed by atoms with Crippen LogP contribution in [-0.4, -0.2) is 83.0 Å². The van der Waals surface area contributed by atoms with E-state index in [1.807, 2.05) is 58.0 Å². The third-order valence-corrected chi connectivity index (χ3v) is 9.42. The van der Waals surface area contributed by atoms with Crippen LogP contribution in [-0.2, 0) is 10.2 Å². The number of amides is 4. The molecule has 1 fully saturated rings. The number of benzene rings is 4. The van der Waals surface area contributed by atoms with Crippen LogP contribution in [0.3, 0.4) is 0 Å². The number of ether oxygens (including phenoxy) is 3. The predicted octanol–water partition coefficient (Wildman–Crippen LogP) is 7.13. The molecule has 0 unspecified atom stereocenters. The van der Waals surface area contributed by atoms with Crippen molar-refractivity contribution < 1.29 is 28.6 Å². The molecule has 302 valence electrons. The molecule has 4 aromatic carbocycles. The molecule has 1 heterocycles. The Balaban J connectivity index is 1.33. The number of allylic oxidation sites excluding steroid dienone is 2. The van der Waals surface area contributed by atoms with Gasteiger partial charge in [0.15, 0.2) is 5.75 Å². The summed E-state index contributed by atoms with van der Waals surface area (Å²) in [6.45, 7) is 15.9. The number of hydrogen-bond acceptors (Lipinski definition) is 9. The van der Waals surface area contributed by atoms with Crippen molar-refractivity contribution in [2.75, 3.05) is 69.5 Å². The molecule has 13 heteroatoms. The van der Waals surface area contributed by atoms with Gasteiger partial charge in [0, 0.05) is 66.9 Å². The quantitative estimate of drug-likeness (QED) is 0.0392. The fourth-order valence-corrected chi connectivity index (χ4v) is 6.29. The molecule has 13 nitrogen and oxygen atoms in total. The lowest BCUT2D eigenvalue weighted by molar-refractivity contribution is 0.0383. The fourth-order valence-electron chi connectivity index (χ4n) is 6.29. The molecule has 1 aliphatic heterocycles. The average Bonchev–Trinajstić information content (AvgIpc) is 3.23. The normalized spacial score (nSPS) is 13.5. The van der Waals surface area contributed by atoms with Gasteiger partial charge in [-0.3, -0.25) is 14.5 Å². The molecule has 0 spiro atoms. The SMILES string of the molecule is C#Cc1cc(N/C(=C/C(=C\C)Oc2ccc(NC(=O)Nc3cc(C(C)(C)C)cc(C(=O)NC)c3OC)c3ccccc23)N=C)cc(C(=O)NCCN2CCOCC2)c1. The van der Waals surface area contributed by atoms with Gasteiger partial charge < -0.3 is 40.8 Å². The Hall–Kier alpha value is -6.62. The number of nitrogens with one attached hydrogen (secondary N) is 5. The maximum absolute atomic E-state index is 13.5. The number of carbonyl (C=O) groups excluding carboxylic acids is 3. The van der Waals surface area contributed by atoms with Gasteiger partial charge in [-0.15, -0.1) is 6.42 Å². The number of morpholine rings is 1. The van der Waals surface area contributed by atoms with Crippen LogP contribution in [0.15, 0.2) is 95.5 Å². The van der Waals surface area contributed by atoms with Gasteiger partial charge in [0.25, 0.3) is 11.8 Å². The van der Waals surface area contributed by atoms with Gasteiger partial charge in [0.1, 0.15) is 17.3 Å². The first-order valence-corrected chi connectivity index (χ1v) is 18.9. The number of carbonyl (C=O) groups is 3. The summed E-state index contributed by atoms with van der Waals surface area (Å²) >= 11 is 0. The lowest BCUT2D eigenvalue weighted by atomic mass is 9.85. The highest BCUT2D eigenvalue weighted by molar-refractivity contribution is 6.09. The van der Waals surface area contributed by atoms with Crippen molar-refractivity contribution in [1.29, 1.82) is 0 Å². The standard InChI is InChI=1S/C45H51N7O6/c1-9-29-23-30(42(53)48-17-18-52-19-21-57-22-20-52)25-32(24-29)49-40(46-6)28-33(10-2)58-39-16-15-37(34-13-11-12-14-35(34)39)50-44(55)51-38-27-31(45(3,4)5)26-36(41(38)56-8)43(54)47-7/h1,10-16,23-28,49H,6,17-22H2,2-5,7-8H3,(H,47,54)(H,48,53)(H2,50,51,55)/b33-10+,40-28+. The molecule has 5 N–H and O–H groups in total. The minimum Gasteiger partial charge on any atom is -0.494 e. The number of methoxy groups -OCH3 is 1. The van der Waals surface area contributed by atoms with Crippen LogP contribution in [0.1, 0.15) is 59.5 Å². The van der Waals surface area contributed by atoms with E-state index in [4.69, 9.17) is 20.6 Å². The Bertz CT molecular complexity index is 2280. The Labute approximate surface area is 339 Å². The Kier molecular flexibility index (Phi) is 14.3. The lowest BCUT2D eigenvalue weighted by Crippen LogP contribution is -2.41. The van der Waals surface area contributed by atoms with Crippen LogP contribution >= 0.6 is 0 Å². The lowest BCUT2D eigenvalue weighted by Gasteiger charge is -2.26. The zero-order chi connectivity index (χ0) is 41.8. The Morgan fingerprint density at radius 1 is 0.966 bits per heavy atom. The highest BCUT2D eigenvalue weighted by atomic mass is 16.5. The number of anilines is 3. The molecule has 0 aliphatic carbocycles. The van der Waals surface area contributed by atoms with Gasteiger partial charge in [-0.2, -0.15) is 0 Å². The molecule has 0 aromatic heterocycles. The third kappa shape index (κ3) is 10.8. The van der Waals surface area contributed by atoms with Crippen LogP contribution in [0.4, 0.5) is 21.9 Å². The van der Waals surface area contributed by atoms with Crippen molar-refractivity contribution in [1.82, 2.24) is 15.5 Å². The summed E-state index contributed by atoms with van der Waals surface area (Å²) in [5.41, 5.74) is 3.20. The van der Waals surface area contributed by atoms with E-state index in [0.29, 0.717) is 70.8 Å². The number of nitrogens with zero attached hydrogens (tertiary/aromatic N) is 2. The first-order chi connectivity index (χ1) is 27.9. The highest BCUT2D eigenvalue weighted by Crippen LogP contribution is 2.37. The van der Waals surface area contributed by atoms with E-state index in [1.165, 1.54) is 7.11 Å². The summed E-state index contributed by atoms with van der Waals surface area (Å²) < 4.78 is 17.4. The second-order valence-electron chi connectivity index (χ2n) is 14.4. The summed E-state index contributed by atoms with van der Waals surface area (Å²) in [7, 11) is 2.99. The summed E-state index contributed by atoms with van der Waals surface area (Å²) in [5.74, 6) is 3.61. The van der Waals surface area contributed by atoms with E-state index in [0.717, 1.165) is 36.0 Å². The summed E-state index contributed by atoms with van der Waals surface area (Å²) in [6, 6.07) is 19.2. The van der Waals surface area contributed by atoms with Crippen LogP contribution in [0.2, 0.25) is 0 Å². The molecule has 0 saturated carbocycles. The van der Waals surface area contributed by atoms with Crippen LogP contribution < -0.4 is 36.1 Å². The number of fused-ring (bicyclic) bond motifs is 1. The minimum absolute atomic E-state index is 0.241. The van der Waals surface area contributed by atoms with Crippen molar-refractivity contribution in [2.24, 2.45) is 4.99 Å². The molecular formula is C45H51N7O6. The van der Waals surface area contributed by atoms with Crippen LogP contribution in [0, 0.1) is 12.3 Å². The fraction of sp³-hybridized carbons (Fsp3) is 0.289. The summed E-state index contributed by atoms with van der Waals surface area (Å²) in [5, 5.41) is 16.1. The van der Waals surface area contributed by atoms with Gasteiger partial charge >= 0.3 is 6.03 Å². The average molecular weight is 786 g/mol. The van der Waals surface area contributed by atoms with E-state index in [9.17, 15) is 14.4 Å². The van der Waals surface area contributed by atoms with Crippen molar-refractivity contribution >= 4 is 52.4 Å². The molecule has 1 saturated heterocycles. The van der Waals surface area contributed by atoms with E-state index >= 15 is 0 Å². The van der Waals surface area contributed by atoms with Gasteiger partial charge in [0.05, 0.1) is 37.3 Å². The third-order valence-electron chi connectivity index (χ3n) is 9.42. The maximum Gasteiger partial charge on any atom is 0.323 e. The largest absolute Gasteiger partial charge is 0.494 e. The molecule has 0 atom stereocenters. The molecule has 5 rings (SSSR count). The van der Waals surface area contributed by atoms with Crippen molar-refractivity contribution in [3.8, 4) is 23.8 Å². The topological polar surface area (TPSA) is 155 Å². The minimum atomic E-state index is -0.529. The molecule has 4 amide bonds. The van der Waals surface area contributed by atoms with Crippen molar-refractivity contribution in [3.63, 3.8) is 0 Å². The predicted molar refractivity (Wildman–Crippen MR) is 231 cm³/mol. The first-order valence-electron chi connectivity index (χ1n) is 18.9. The zero-order valence-electron chi connectivity index (χ0n) is 33.9. The summed E-state index contributed by atoms with van der Waals surface area (Å²) in [4.78, 5) is 45.8. The van der Waals surface area contributed by atoms with E-state index in [-0.39, 0.29) is 23.0 Å². The Morgan fingerprint density at radius 3 is 2.34 bits per heavy atom. The van der Waals surface area contributed by atoms with Crippen LogP contribution in [0.25, 0.3) is 10.8 Å². The number of urea groups is 1. The Morgan fingerprint density at radius 2 is 1.69 bits per heavy atom. The van der Waals surface area contributed by atoms with Gasteiger partial charge in [-0.1, -0.05) is 51.0 Å². The first kappa shape index (κ1) is 42.5. The number of aliphatic imine (C=N–C) groups is 1. The second-order valence-corrected chi connectivity index (χ2v) is 14.4. The number of rotatable bonds is 14. The molecule has 0 radical (unpaired) electrons. The number of hydrogen-bond donors (Lipinski definition) is 5. The molecule has 58 heavy (non-hydrogen) atoms. The molecule has 1 aliphatic rings. The molecular weight excluding hydrogens is 735 g/mol. The second kappa shape index (κ2) is 19.5. The smallest absolute Gasteiger partial charge is 0.323 e. The number of terminal acetylenes is 1. The highest BCUT2D eigenvalue weighted by Gasteiger charge is 2.24. The monoisotopic (exact) mass is 785 g/mol. The maximum atomic E-state index is 13.5. The van der Waals surface area contributed by atoms with Crippen molar-refractivity contribution in [2.45, 2.75) is 33.1 Å². The van der Waals surface area contributed by atoms with E-state index in [2.05, 4.69) is 49.1 Å². The van der Waals surface area contributed by atoms with Gasteiger partial charge in [-0.25, -0.2) is 9.79 Å². The molecule has 4 aromatic rings. The van der Waals surface area contributed by atoms with Gasteiger partial charge in [-0.05, 0) is 73.2 Å². The summed E-state index contributed by atoms with van der Waals surface area (Å²) in [6.07, 6.45) is 9.21. The van der Waals surface area contributed by atoms with E-state index < -0.39 is 6.03 Å². The van der Waals surface area contributed by atoms with E-state index in [1.54, 1.807) is 55.6 Å². The molecule has 0 bridgehead atoms. The van der Waals surface area contributed by atoms with Crippen molar-refractivity contribution in [3.05, 3.63) is 113 Å². The van der Waals surface area contributed by atoms with Crippen LogP contribution in [0.5, 0.6) is 11.5 Å².